The van der Waals surface area contributed by atoms with E-state index in [0.717, 1.165) is 16.7 Å². The number of pyridine rings is 1. The van der Waals surface area contributed by atoms with Crippen molar-refractivity contribution >= 4 is 5.97 Å². The van der Waals surface area contributed by atoms with Crippen LogP contribution in [0.1, 0.15) is 29.7 Å². The molecule has 2 aromatic rings. The lowest BCUT2D eigenvalue weighted by molar-refractivity contribution is -0.136. The van der Waals surface area contributed by atoms with Gasteiger partial charge < -0.3 is 10.4 Å². The maximum atomic E-state index is 10.9. The number of carboxylic acid groups (broad SMARTS) is 1. The summed E-state index contributed by atoms with van der Waals surface area (Å²) >= 11 is 0. The maximum absolute atomic E-state index is 10.9. The molecular weight excluding hydrogens is 252 g/mol. The summed E-state index contributed by atoms with van der Waals surface area (Å²) in [5, 5.41) is 12.3. The van der Waals surface area contributed by atoms with Crippen LogP contribution in [-0.2, 0) is 17.8 Å². The van der Waals surface area contributed by atoms with Crippen LogP contribution in [0.4, 0.5) is 0 Å². The number of benzene rings is 1. The Bertz CT molecular complexity index is 570. The van der Waals surface area contributed by atoms with Gasteiger partial charge >= 0.3 is 5.97 Å². The van der Waals surface area contributed by atoms with E-state index < -0.39 is 5.97 Å². The molecule has 0 aliphatic rings. The van der Waals surface area contributed by atoms with Crippen molar-refractivity contribution in [3.63, 3.8) is 0 Å². The third kappa shape index (κ3) is 3.90. The zero-order chi connectivity index (χ0) is 14.4. The van der Waals surface area contributed by atoms with Gasteiger partial charge in [-0.05, 0) is 35.7 Å². The smallest absolute Gasteiger partial charge is 0.307 e. The molecule has 0 fully saturated rings. The molecule has 1 aromatic heterocycles. The van der Waals surface area contributed by atoms with E-state index in [1.54, 1.807) is 12.4 Å². The van der Waals surface area contributed by atoms with Crippen LogP contribution in [0, 0.1) is 0 Å². The quantitative estimate of drug-likeness (QED) is 0.847. The Morgan fingerprint density at radius 1 is 1.20 bits per heavy atom. The van der Waals surface area contributed by atoms with Gasteiger partial charge in [-0.2, -0.15) is 0 Å². The number of carbonyl (C=O) groups is 1. The molecule has 1 heterocycles. The Morgan fingerprint density at radius 3 is 2.50 bits per heavy atom. The minimum absolute atomic E-state index is 0.0570. The summed E-state index contributed by atoms with van der Waals surface area (Å²) in [6, 6.07) is 11.8. The highest BCUT2D eigenvalue weighted by Crippen LogP contribution is 2.14. The van der Waals surface area contributed by atoms with Gasteiger partial charge in [0.1, 0.15) is 0 Å². The monoisotopic (exact) mass is 270 g/mol. The van der Waals surface area contributed by atoms with Gasteiger partial charge in [0.2, 0.25) is 0 Å². The fourth-order valence-corrected chi connectivity index (χ4v) is 2.10. The summed E-state index contributed by atoms with van der Waals surface area (Å²) in [7, 11) is 0. The van der Waals surface area contributed by atoms with Crippen LogP contribution in [0.5, 0.6) is 0 Å². The van der Waals surface area contributed by atoms with E-state index in [-0.39, 0.29) is 12.5 Å². The minimum Gasteiger partial charge on any atom is -0.481 e. The molecule has 0 saturated carbocycles. The molecule has 4 heteroatoms. The van der Waals surface area contributed by atoms with E-state index in [9.17, 15) is 4.79 Å². The predicted octanol–water partition coefficient (Wildman–Crippen LogP) is 2.56. The van der Waals surface area contributed by atoms with Gasteiger partial charge in [0.15, 0.2) is 0 Å². The molecule has 104 valence electrons. The fourth-order valence-electron chi connectivity index (χ4n) is 2.10. The zero-order valence-corrected chi connectivity index (χ0v) is 11.4. The first-order chi connectivity index (χ1) is 9.66. The number of aromatic nitrogens is 1. The van der Waals surface area contributed by atoms with Crippen molar-refractivity contribution in [2.45, 2.75) is 25.9 Å². The largest absolute Gasteiger partial charge is 0.481 e. The van der Waals surface area contributed by atoms with E-state index in [1.165, 1.54) is 0 Å². The van der Waals surface area contributed by atoms with Crippen LogP contribution < -0.4 is 5.32 Å². The molecule has 0 radical (unpaired) electrons. The Labute approximate surface area is 118 Å². The third-order valence-electron chi connectivity index (χ3n) is 3.26. The van der Waals surface area contributed by atoms with Gasteiger partial charge in [-0.3, -0.25) is 9.78 Å². The Morgan fingerprint density at radius 2 is 1.85 bits per heavy atom. The lowest BCUT2D eigenvalue weighted by Gasteiger charge is -2.15. The molecule has 0 saturated heterocycles. The third-order valence-corrected chi connectivity index (χ3v) is 3.26. The van der Waals surface area contributed by atoms with Gasteiger partial charge in [0.25, 0.3) is 0 Å². The lowest BCUT2D eigenvalue weighted by Crippen LogP contribution is -2.19. The first kappa shape index (κ1) is 14.2. The highest BCUT2D eigenvalue weighted by atomic mass is 16.4. The summed E-state index contributed by atoms with van der Waals surface area (Å²) < 4.78 is 0. The van der Waals surface area contributed by atoms with Crippen LogP contribution >= 0.6 is 0 Å². The second-order valence-electron chi connectivity index (χ2n) is 4.72. The van der Waals surface area contributed by atoms with Crippen molar-refractivity contribution in [3.8, 4) is 0 Å². The van der Waals surface area contributed by atoms with Crippen molar-refractivity contribution in [2.24, 2.45) is 0 Å². The summed E-state index contributed by atoms with van der Waals surface area (Å²) in [6.07, 6.45) is 3.60. The van der Waals surface area contributed by atoms with Crippen molar-refractivity contribution < 1.29 is 9.90 Å². The summed E-state index contributed by atoms with van der Waals surface area (Å²) in [6.45, 7) is 2.72. The number of hydrogen-bond acceptors (Lipinski definition) is 3. The van der Waals surface area contributed by atoms with Crippen LogP contribution in [-0.4, -0.2) is 16.1 Å². The number of aliphatic carboxylic acids is 1. The molecule has 0 amide bonds. The fraction of sp³-hybridized carbons (Fsp3) is 0.250. The number of nitrogens with zero attached hydrogens (tertiary/aromatic N) is 1. The Balaban J connectivity index is 2.02. The molecule has 1 atom stereocenters. The average Bonchev–Trinajstić information content (AvgIpc) is 2.46. The predicted molar refractivity (Wildman–Crippen MR) is 77.3 cm³/mol. The van der Waals surface area contributed by atoms with Crippen LogP contribution in [0.3, 0.4) is 0 Å². The highest BCUT2D eigenvalue weighted by Gasteiger charge is 2.08. The van der Waals surface area contributed by atoms with Crippen molar-refractivity contribution in [1.29, 1.82) is 0 Å². The number of rotatable bonds is 6. The second kappa shape index (κ2) is 6.82. The van der Waals surface area contributed by atoms with Gasteiger partial charge in [-0.25, -0.2) is 0 Å². The molecular formula is C16H18N2O2. The van der Waals surface area contributed by atoms with Crippen LogP contribution in [0.2, 0.25) is 0 Å². The number of carboxylic acids is 1. The van der Waals surface area contributed by atoms with E-state index in [1.807, 2.05) is 36.4 Å². The maximum Gasteiger partial charge on any atom is 0.307 e. The zero-order valence-electron chi connectivity index (χ0n) is 11.4. The van der Waals surface area contributed by atoms with Crippen molar-refractivity contribution in [1.82, 2.24) is 10.3 Å². The molecule has 1 aromatic carbocycles. The second-order valence-corrected chi connectivity index (χ2v) is 4.72. The molecule has 0 aliphatic carbocycles. The average molecular weight is 270 g/mol. The Kier molecular flexibility index (Phi) is 4.85. The minimum atomic E-state index is -0.806. The molecule has 0 aliphatic heterocycles. The standard InChI is InChI=1S/C16H18N2O2/c1-12(13-6-8-17-9-7-13)18-11-15-5-3-2-4-14(15)10-16(19)20/h2-9,12,18H,10-11H2,1H3,(H,19,20). The van der Waals surface area contributed by atoms with E-state index in [2.05, 4.69) is 17.2 Å². The van der Waals surface area contributed by atoms with Crippen molar-refractivity contribution in [2.75, 3.05) is 0 Å². The van der Waals surface area contributed by atoms with Crippen molar-refractivity contribution in [3.05, 3.63) is 65.5 Å². The van der Waals surface area contributed by atoms with E-state index >= 15 is 0 Å². The number of nitrogens with one attached hydrogen (secondary N) is 1. The first-order valence-electron chi connectivity index (χ1n) is 6.58. The highest BCUT2D eigenvalue weighted by molar-refractivity contribution is 5.70. The number of hydrogen-bond donors (Lipinski definition) is 2. The lowest BCUT2D eigenvalue weighted by atomic mass is 10.0. The van der Waals surface area contributed by atoms with Crippen LogP contribution in [0.25, 0.3) is 0 Å². The Hall–Kier alpha value is -2.20. The van der Waals surface area contributed by atoms with E-state index in [4.69, 9.17) is 5.11 Å². The first-order valence-corrected chi connectivity index (χ1v) is 6.58. The van der Waals surface area contributed by atoms with Gasteiger partial charge in [0.05, 0.1) is 6.42 Å². The van der Waals surface area contributed by atoms with Crippen LogP contribution in [0.15, 0.2) is 48.8 Å². The molecule has 0 spiro atoms. The summed E-state index contributed by atoms with van der Waals surface area (Å²) in [5.41, 5.74) is 3.04. The van der Waals surface area contributed by atoms with Gasteiger partial charge in [0, 0.05) is 25.0 Å². The summed E-state index contributed by atoms with van der Waals surface area (Å²) in [5.74, 6) is -0.806. The van der Waals surface area contributed by atoms with Gasteiger partial charge in [-0.15, -0.1) is 0 Å². The molecule has 20 heavy (non-hydrogen) atoms. The SMILES string of the molecule is CC(NCc1ccccc1CC(=O)O)c1ccncc1. The summed E-state index contributed by atoms with van der Waals surface area (Å²) in [4.78, 5) is 14.9. The topological polar surface area (TPSA) is 62.2 Å². The molecule has 2 rings (SSSR count). The van der Waals surface area contributed by atoms with Gasteiger partial charge in [-0.1, -0.05) is 24.3 Å². The molecule has 4 nitrogen and oxygen atoms in total. The molecule has 2 N–H and O–H groups in total. The van der Waals surface area contributed by atoms with E-state index in [0.29, 0.717) is 6.54 Å². The molecule has 1 unspecified atom stereocenters. The normalized spacial score (nSPS) is 12.1. The molecule has 0 bridgehead atoms.